The zero-order valence-electron chi connectivity index (χ0n) is 18.7. The number of aromatic nitrogens is 1. The number of hydrogen-bond donors (Lipinski definition) is 2. The van der Waals surface area contributed by atoms with E-state index in [4.69, 9.17) is 6.85 Å². The summed E-state index contributed by atoms with van der Waals surface area (Å²) < 4.78 is 69.1. The lowest BCUT2D eigenvalue weighted by Gasteiger charge is -2.34. The van der Waals surface area contributed by atoms with Crippen LogP contribution >= 0.6 is 12.4 Å². The Balaban J connectivity index is 0.00000341. The van der Waals surface area contributed by atoms with E-state index in [1.807, 2.05) is 0 Å². The van der Waals surface area contributed by atoms with Gasteiger partial charge in [-0.25, -0.2) is 13.6 Å². The number of carboxylic acid groups (broad SMARTS) is 1. The molecule has 142 valence electrons. The van der Waals surface area contributed by atoms with Crippen LogP contribution in [0.15, 0.2) is 17.1 Å². The summed E-state index contributed by atoms with van der Waals surface area (Å²) in [4.78, 5) is 25.3. The number of carbonyl (C=O) groups is 1. The normalized spacial score (nSPS) is 21.1. The summed E-state index contributed by atoms with van der Waals surface area (Å²) in [5.41, 5.74) is -3.59. The first-order chi connectivity index (χ1) is 13.8. The van der Waals surface area contributed by atoms with Gasteiger partial charge in [-0.2, -0.15) is 0 Å². The second kappa shape index (κ2) is 7.59. The molecule has 1 aromatic heterocycles. The number of rotatable bonds is 3. The third-order valence-corrected chi connectivity index (χ3v) is 4.19. The van der Waals surface area contributed by atoms with Gasteiger partial charge in [0.15, 0.2) is 5.82 Å². The highest BCUT2D eigenvalue weighted by molar-refractivity contribution is 5.93. The molecule has 2 aromatic rings. The van der Waals surface area contributed by atoms with Crippen LogP contribution in [0.3, 0.4) is 0 Å². The summed E-state index contributed by atoms with van der Waals surface area (Å²) >= 11 is 0. The van der Waals surface area contributed by atoms with E-state index in [2.05, 4.69) is 5.32 Å². The number of hydrogen-bond acceptors (Lipinski definition) is 4. The molecule has 1 aliphatic rings. The van der Waals surface area contributed by atoms with E-state index in [1.165, 1.54) is 4.90 Å². The molecule has 0 aliphatic carbocycles. The van der Waals surface area contributed by atoms with E-state index >= 15 is 4.39 Å². The topological polar surface area (TPSA) is 74.6 Å². The molecule has 0 spiro atoms. The first kappa shape index (κ1) is 13.9. The molecule has 26 heavy (non-hydrogen) atoms. The van der Waals surface area contributed by atoms with Crippen molar-refractivity contribution in [2.75, 3.05) is 24.5 Å². The Morgan fingerprint density at radius 1 is 1.54 bits per heavy atom. The van der Waals surface area contributed by atoms with Crippen molar-refractivity contribution in [2.45, 2.75) is 26.3 Å². The molecular weight excluding hydrogens is 368 g/mol. The third kappa shape index (κ3) is 3.26. The van der Waals surface area contributed by atoms with E-state index < -0.39 is 58.5 Å². The fourth-order valence-corrected chi connectivity index (χ4v) is 3.07. The van der Waals surface area contributed by atoms with Crippen LogP contribution in [0.1, 0.15) is 31.0 Å². The number of fused-ring (bicyclic) bond motifs is 1. The number of anilines is 1. The second-order valence-corrected chi connectivity index (χ2v) is 5.88. The average Bonchev–Trinajstić information content (AvgIpc) is 2.61. The predicted molar refractivity (Wildman–Crippen MR) is 97.7 cm³/mol. The van der Waals surface area contributed by atoms with Crippen LogP contribution in [0.4, 0.5) is 14.5 Å². The smallest absolute Gasteiger partial charge is 0.341 e. The van der Waals surface area contributed by atoms with Crippen LogP contribution in [0.25, 0.3) is 10.9 Å². The molecule has 1 unspecified atom stereocenters. The zero-order chi connectivity index (χ0) is 22.6. The number of halogens is 3. The molecule has 6 nitrogen and oxygen atoms in total. The van der Waals surface area contributed by atoms with Crippen molar-refractivity contribution >= 4 is 35.0 Å². The van der Waals surface area contributed by atoms with Crippen LogP contribution in [0.5, 0.6) is 0 Å². The Morgan fingerprint density at radius 2 is 2.27 bits per heavy atom. The zero-order valence-corrected chi connectivity index (χ0v) is 14.5. The van der Waals surface area contributed by atoms with Crippen molar-refractivity contribution in [2.24, 2.45) is 0 Å². The lowest BCUT2D eigenvalue weighted by atomic mass is 10.1. The van der Waals surface area contributed by atoms with Gasteiger partial charge in [-0.3, -0.25) is 4.79 Å². The molecule has 1 atom stereocenters. The molecule has 3 rings (SSSR count). The van der Waals surface area contributed by atoms with E-state index in [9.17, 15) is 19.1 Å². The average molecular weight is 393 g/mol. The number of carboxylic acids is 1. The number of benzene rings is 1. The minimum Gasteiger partial charge on any atom is -0.477 e. The van der Waals surface area contributed by atoms with Crippen molar-refractivity contribution in [1.29, 1.82) is 0 Å². The first-order valence-corrected chi connectivity index (χ1v) is 7.57. The summed E-state index contributed by atoms with van der Waals surface area (Å²) in [6.07, 6.45) is 0.449. The minimum atomic E-state index is -3.34. The first-order valence-electron chi connectivity index (χ1n) is 10.1. The van der Waals surface area contributed by atoms with Gasteiger partial charge in [0.1, 0.15) is 17.1 Å². The number of pyridine rings is 1. The Kier molecular flexibility index (Phi) is 4.07. The van der Waals surface area contributed by atoms with Crippen LogP contribution in [-0.2, 0) is 6.50 Å². The molecule has 0 bridgehead atoms. The van der Waals surface area contributed by atoms with E-state index in [0.717, 1.165) is 0 Å². The van der Waals surface area contributed by atoms with Crippen molar-refractivity contribution in [3.63, 3.8) is 0 Å². The molecular formula is C17H20ClF2N3O3. The number of aromatic carboxylic acids is 1. The molecule has 9 heteroatoms. The fraction of sp³-hybridized carbons (Fsp3) is 0.412. The van der Waals surface area contributed by atoms with Gasteiger partial charge in [0, 0.05) is 45.2 Å². The monoisotopic (exact) mass is 392 g/mol. The summed E-state index contributed by atoms with van der Waals surface area (Å²) in [6.45, 7) is -3.98. The second-order valence-electron chi connectivity index (χ2n) is 5.88. The lowest BCUT2D eigenvalue weighted by molar-refractivity contribution is 0.0695. The molecule has 0 radical (unpaired) electrons. The molecule has 1 aliphatic heterocycles. The van der Waals surface area contributed by atoms with Crippen molar-refractivity contribution in [3.8, 4) is 0 Å². The molecule has 2 heterocycles. The van der Waals surface area contributed by atoms with Gasteiger partial charge < -0.3 is 19.9 Å². The Morgan fingerprint density at radius 3 is 2.88 bits per heavy atom. The maximum Gasteiger partial charge on any atom is 0.341 e. The van der Waals surface area contributed by atoms with E-state index in [0.29, 0.717) is 18.8 Å². The van der Waals surface area contributed by atoms with Crippen LogP contribution in [-0.4, -0.2) is 41.3 Å². The van der Waals surface area contributed by atoms with Gasteiger partial charge in [-0.05, 0) is 19.8 Å². The maximum absolute atomic E-state index is 15.6. The Bertz CT molecular complexity index is 1090. The standard InChI is InChI=1S/C17H19F2N3O3.ClH/c1-3-21-8-11(17(24)25)16(23)10-6-12(18)15(13(19)14(10)21)22-5-4-20-9(2)7-22;/h6,8-9,20H,3-5,7H2,1-2H3,(H,24,25);1H/i1D3,3D2;. The van der Waals surface area contributed by atoms with E-state index in [-0.39, 0.29) is 36.1 Å². The number of piperazine rings is 1. The lowest BCUT2D eigenvalue weighted by Crippen LogP contribution is -2.49. The van der Waals surface area contributed by atoms with Gasteiger partial charge in [-0.1, -0.05) is 0 Å². The van der Waals surface area contributed by atoms with Crippen LogP contribution < -0.4 is 15.6 Å². The summed E-state index contributed by atoms with van der Waals surface area (Å²) in [5, 5.41) is 11.6. The summed E-state index contributed by atoms with van der Waals surface area (Å²) in [7, 11) is 0. The van der Waals surface area contributed by atoms with Crippen molar-refractivity contribution < 1.29 is 25.5 Å². The highest BCUT2D eigenvalue weighted by atomic mass is 35.5. The Hall–Kier alpha value is -2.19. The van der Waals surface area contributed by atoms with E-state index in [1.54, 1.807) is 6.92 Å². The highest BCUT2D eigenvalue weighted by Crippen LogP contribution is 2.30. The van der Waals surface area contributed by atoms with Gasteiger partial charge >= 0.3 is 5.97 Å². The van der Waals surface area contributed by atoms with Gasteiger partial charge in [0.25, 0.3) is 0 Å². The Labute approximate surface area is 161 Å². The molecule has 1 saturated heterocycles. The minimum absolute atomic E-state index is 0. The highest BCUT2D eigenvalue weighted by Gasteiger charge is 2.26. The SMILES string of the molecule is Cl.[2H]C([2H])([2H])C([2H])([2H])n1cc(C(=O)O)c(=O)c2cc(F)c(N3CCNC(C)C3)c(F)c21. The number of aryl methyl sites for hydroxylation is 1. The quantitative estimate of drug-likeness (QED) is 0.837. The third-order valence-electron chi connectivity index (χ3n) is 4.19. The number of nitrogens with zero attached hydrogens (tertiary/aromatic N) is 2. The fourth-order valence-electron chi connectivity index (χ4n) is 3.07. The summed E-state index contributed by atoms with van der Waals surface area (Å²) in [5.74, 6) is -4.24. The van der Waals surface area contributed by atoms with Gasteiger partial charge in [0.2, 0.25) is 5.43 Å². The predicted octanol–water partition coefficient (Wildman–Crippen LogP) is 2.22. The molecule has 2 N–H and O–H groups in total. The molecule has 0 amide bonds. The molecule has 1 aromatic carbocycles. The van der Waals surface area contributed by atoms with Crippen LogP contribution in [0.2, 0.25) is 0 Å². The van der Waals surface area contributed by atoms with Crippen molar-refractivity contribution in [1.82, 2.24) is 9.88 Å². The van der Waals surface area contributed by atoms with Gasteiger partial charge in [-0.15, -0.1) is 12.4 Å². The summed E-state index contributed by atoms with van der Waals surface area (Å²) in [6, 6.07) is 0.514. The maximum atomic E-state index is 15.6. The molecule has 1 fully saturated rings. The van der Waals surface area contributed by atoms with Crippen molar-refractivity contribution in [3.05, 3.63) is 39.7 Å². The molecule has 0 saturated carbocycles. The number of nitrogens with one attached hydrogen (secondary N) is 1. The van der Waals surface area contributed by atoms with Gasteiger partial charge in [0.05, 0.1) is 10.9 Å². The van der Waals surface area contributed by atoms with Crippen LogP contribution in [0, 0.1) is 11.6 Å². The largest absolute Gasteiger partial charge is 0.477 e.